The minimum atomic E-state index is -0.935. The van der Waals surface area contributed by atoms with Crippen molar-refractivity contribution in [1.82, 2.24) is 24.2 Å². The van der Waals surface area contributed by atoms with E-state index in [0.717, 1.165) is 16.0 Å². The molecule has 0 bridgehead atoms. The lowest BCUT2D eigenvalue weighted by atomic mass is 10.1. The number of rotatable bonds is 3. The Labute approximate surface area is 292 Å². The number of benzene rings is 1. The molecule has 1 aliphatic heterocycles. The third-order valence-electron chi connectivity index (χ3n) is 8.20. The Kier molecular flexibility index (Phi) is 9.26. The molecule has 3 aromatic heterocycles. The zero-order valence-electron chi connectivity index (χ0n) is 31.1. The molecule has 1 aliphatic rings. The standard InChI is InChI=1S/C37H48N6O7/c1-21-25-20-38-29(43(34(47)50-37(9,10)11)31(44)23-15-16-24-22(2)39-40(12)27(24)18-23)19-28(25)42(33(46)49-36(6,7)8)30(21)26-14-13-17-41(26)32(45)48-35(3,4)5/h15-16,18-20,26H,13-14,17H2,1-12H3/t26-/m1/s1. The van der Waals surface area contributed by atoms with Crippen LogP contribution in [0, 0.1) is 13.8 Å². The molecule has 0 spiro atoms. The maximum atomic E-state index is 14.3. The number of hydrogen-bond donors (Lipinski definition) is 0. The predicted molar refractivity (Wildman–Crippen MR) is 190 cm³/mol. The average molecular weight is 689 g/mol. The molecule has 1 saturated heterocycles. The maximum Gasteiger partial charge on any atom is 0.423 e. The predicted octanol–water partition coefficient (Wildman–Crippen LogP) is 7.98. The summed E-state index contributed by atoms with van der Waals surface area (Å²) in [5.41, 5.74) is 0.839. The van der Waals surface area contributed by atoms with E-state index in [1.165, 1.54) is 16.8 Å². The first-order valence-electron chi connectivity index (χ1n) is 16.8. The molecule has 0 radical (unpaired) electrons. The number of pyridine rings is 1. The Balaban J connectivity index is 1.70. The SMILES string of the molecule is Cc1nn(C)c2cc(C(=O)N(C(=O)OC(C)(C)C)c3cc4c(cn3)c(C)c([C@H]3CCCN3C(=O)OC(C)(C)C)n4C(=O)OC(C)(C)C)ccc12. The van der Waals surface area contributed by atoms with Gasteiger partial charge in [-0.25, -0.2) is 23.9 Å². The van der Waals surface area contributed by atoms with Crippen LogP contribution in [0.25, 0.3) is 21.8 Å². The van der Waals surface area contributed by atoms with Crippen LogP contribution in [0.4, 0.5) is 20.2 Å². The van der Waals surface area contributed by atoms with E-state index in [0.29, 0.717) is 47.1 Å². The number of likely N-dealkylation sites (tertiary alicyclic amines) is 1. The van der Waals surface area contributed by atoms with Crippen LogP contribution in [0.3, 0.4) is 0 Å². The van der Waals surface area contributed by atoms with E-state index in [9.17, 15) is 19.2 Å². The second kappa shape index (κ2) is 12.7. The van der Waals surface area contributed by atoms with Crippen LogP contribution in [0.5, 0.6) is 0 Å². The van der Waals surface area contributed by atoms with Crippen LogP contribution in [-0.4, -0.2) is 71.8 Å². The van der Waals surface area contributed by atoms with Gasteiger partial charge in [0.2, 0.25) is 0 Å². The number of hydrogen-bond acceptors (Lipinski definition) is 9. The number of aromatic nitrogens is 4. The lowest BCUT2D eigenvalue weighted by Crippen LogP contribution is -2.41. The van der Waals surface area contributed by atoms with Gasteiger partial charge in [0, 0.05) is 42.2 Å². The summed E-state index contributed by atoms with van der Waals surface area (Å²) in [7, 11) is 1.78. The largest absolute Gasteiger partial charge is 0.444 e. The number of amides is 3. The van der Waals surface area contributed by atoms with E-state index < -0.39 is 47.0 Å². The Morgan fingerprint density at radius 2 is 1.44 bits per heavy atom. The lowest BCUT2D eigenvalue weighted by molar-refractivity contribution is 0.0211. The van der Waals surface area contributed by atoms with Crippen molar-refractivity contribution >= 4 is 51.8 Å². The monoisotopic (exact) mass is 688 g/mol. The molecule has 0 saturated carbocycles. The fourth-order valence-corrected chi connectivity index (χ4v) is 6.25. The average Bonchev–Trinajstić information content (AvgIpc) is 3.64. The van der Waals surface area contributed by atoms with Crippen molar-refractivity contribution in [2.45, 2.75) is 112 Å². The lowest BCUT2D eigenvalue weighted by Gasteiger charge is -2.30. The highest BCUT2D eigenvalue weighted by atomic mass is 16.6. The van der Waals surface area contributed by atoms with Gasteiger partial charge in [0.1, 0.15) is 22.6 Å². The van der Waals surface area contributed by atoms with E-state index in [1.54, 1.807) is 97.1 Å². The van der Waals surface area contributed by atoms with Gasteiger partial charge in [-0.2, -0.15) is 10.00 Å². The van der Waals surface area contributed by atoms with Gasteiger partial charge in [-0.3, -0.25) is 14.4 Å². The van der Waals surface area contributed by atoms with Gasteiger partial charge in [-0.05, 0) is 107 Å². The van der Waals surface area contributed by atoms with Crippen molar-refractivity contribution in [3.63, 3.8) is 0 Å². The van der Waals surface area contributed by atoms with E-state index in [1.807, 2.05) is 13.8 Å². The molecule has 4 aromatic rings. The van der Waals surface area contributed by atoms with E-state index in [2.05, 4.69) is 10.1 Å². The van der Waals surface area contributed by atoms with Crippen molar-refractivity contribution in [2.75, 3.05) is 11.4 Å². The maximum absolute atomic E-state index is 14.3. The zero-order chi connectivity index (χ0) is 37.1. The fraction of sp³-hybridized carbons (Fsp3) is 0.514. The number of carbonyl (C=O) groups excluding carboxylic acids is 4. The smallest absolute Gasteiger partial charge is 0.423 e. The quantitative estimate of drug-likeness (QED) is 0.196. The minimum absolute atomic E-state index is 0.0534. The highest BCUT2D eigenvalue weighted by Gasteiger charge is 2.39. The van der Waals surface area contributed by atoms with Crippen molar-refractivity contribution in [1.29, 1.82) is 0 Å². The highest BCUT2D eigenvalue weighted by Crippen LogP contribution is 2.40. The number of anilines is 1. The van der Waals surface area contributed by atoms with Crippen molar-refractivity contribution in [3.8, 4) is 0 Å². The third-order valence-corrected chi connectivity index (χ3v) is 8.20. The summed E-state index contributed by atoms with van der Waals surface area (Å²) in [5.74, 6) is -0.728. The minimum Gasteiger partial charge on any atom is -0.444 e. The number of carbonyl (C=O) groups is 4. The highest BCUT2D eigenvalue weighted by molar-refractivity contribution is 6.20. The Hall–Kier alpha value is -4.94. The molecule has 1 fully saturated rings. The van der Waals surface area contributed by atoms with E-state index in [4.69, 9.17) is 14.2 Å². The van der Waals surface area contributed by atoms with Gasteiger partial charge in [-0.1, -0.05) is 6.07 Å². The number of ether oxygens (including phenoxy) is 3. The molecule has 13 heteroatoms. The summed E-state index contributed by atoms with van der Waals surface area (Å²) in [6.07, 6.45) is 0.708. The number of nitrogens with zero attached hydrogens (tertiary/aromatic N) is 6. The van der Waals surface area contributed by atoms with Crippen molar-refractivity contribution in [3.05, 3.63) is 53.0 Å². The first-order valence-corrected chi connectivity index (χ1v) is 16.8. The van der Waals surface area contributed by atoms with Crippen LogP contribution in [0.15, 0.2) is 30.5 Å². The van der Waals surface area contributed by atoms with Crippen LogP contribution >= 0.6 is 0 Å². The summed E-state index contributed by atoms with van der Waals surface area (Å²) in [6.45, 7) is 20.0. The van der Waals surface area contributed by atoms with Gasteiger partial charge in [0.05, 0.1) is 28.5 Å². The summed E-state index contributed by atoms with van der Waals surface area (Å²) < 4.78 is 20.4. The molecule has 0 N–H and O–H groups in total. The summed E-state index contributed by atoms with van der Waals surface area (Å²) in [5, 5.41) is 5.91. The summed E-state index contributed by atoms with van der Waals surface area (Å²) in [4.78, 5) is 62.7. The molecule has 1 aromatic carbocycles. The van der Waals surface area contributed by atoms with Crippen LogP contribution < -0.4 is 4.90 Å². The van der Waals surface area contributed by atoms with Crippen LogP contribution in [0.2, 0.25) is 0 Å². The Morgan fingerprint density at radius 1 is 0.820 bits per heavy atom. The van der Waals surface area contributed by atoms with E-state index >= 15 is 0 Å². The van der Waals surface area contributed by atoms with Crippen LogP contribution in [0.1, 0.15) is 109 Å². The normalized spacial score (nSPS) is 15.4. The zero-order valence-corrected chi connectivity index (χ0v) is 31.1. The molecule has 268 valence electrons. The van der Waals surface area contributed by atoms with Gasteiger partial charge in [-0.15, -0.1) is 0 Å². The Morgan fingerprint density at radius 3 is 2.06 bits per heavy atom. The van der Waals surface area contributed by atoms with Gasteiger partial charge in [0.25, 0.3) is 5.91 Å². The summed E-state index contributed by atoms with van der Waals surface area (Å²) in [6, 6.07) is 6.09. The fourth-order valence-electron chi connectivity index (χ4n) is 6.25. The van der Waals surface area contributed by atoms with Crippen molar-refractivity contribution in [2.24, 2.45) is 7.05 Å². The second-order valence-corrected chi connectivity index (χ2v) is 15.8. The van der Waals surface area contributed by atoms with Gasteiger partial charge in [0.15, 0.2) is 0 Å². The summed E-state index contributed by atoms with van der Waals surface area (Å²) >= 11 is 0. The topological polar surface area (TPSA) is 138 Å². The Bertz CT molecular complexity index is 2000. The molecular weight excluding hydrogens is 640 g/mol. The second-order valence-electron chi connectivity index (χ2n) is 15.8. The number of aryl methyl sites for hydroxylation is 3. The van der Waals surface area contributed by atoms with Crippen LogP contribution in [-0.2, 0) is 21.3 Å². The molecule has 13 nitrogen and oxygen atoms in total. The molecule has 5 rings (SSSR count). The number of fused-ring (bicyclic) bond motifs is 2. The molecule has 0 unspecified atom stereocenters. The molecule has 50 heavy (non-hydrogen) atoms. The molecule has 1 atom stereocenters. The molecule has 4 heterocycles. The van der Waals surface area contributed by atoms with Crippen molar-refractivity contribution < 1.29 is 33.4 Å². The van der Waals surface area contributed by atoms with Gasteiger partial charge >= 0.3 is 18.3 Å². The third kappa shape index (κ3) is 7.31. The van der Waals surface area contributed by atoms with E-state index in [-0.39, 0.29) is 11.4 Å². The molecule has 3 amide bonds. The van der Waals surface area contributed by atoms with Gasteiger partial charge < -0.3 is 14.2 Å². The first-order chi connectivity index (χ1) is 23.1. The first kappa shape index (κ1) is 36.3. The molecule has 0 aliphatic carbocycles. The molecular formula is C37H48N6O7. The number of imide groups is 1.